The summed E-state index contributed by atoms with van der Waals surface area (Å²) in [6.45, 7) is 2.43. The molecule has 1 aliphatic rings. The number of carbonyl (C=O) groups is 2. The lowest BCUT2D eigenvalue weighted by molar-refractivity contribution is -0.122. The lowest BCUT2D eigenvalue weighted by Gasteiger charge is -2.14. The van der Waals surface area contributed by atoms with Gasteiger partial charge >= 0.3 is 0 Å². The number of rotatable bonds is 10. The minimum absolute atomic E-state index is 0.0391. The number of hydrogen-bond donors (Lipinski definition) is 1. The monoisotopic (exact) mass is 491 g/mol. The van der Waals surface area contributed by atoms with Gasteiger partial charge in [0.1, 0.15) is 4.32 Å². The number of nitrogens with one attached hydrogen (secondary N) is 1. The highest BCUT2D eigenvalue weighted by molar-refractivity contribution is 8.26. The Morgan fingerprint density at radius 1 is 1.22 bits per heavy atom. The predicted octanol–water partition coefficient (Wildman–Crippen LogP) is 4.87. The number of unbranched alkanes of at least 4 members (excludes halogenated alkanes) is 2. The van der Waals surface area contributed by atoms with E-state index in [0.29, 0.717) is 38.8 Å². The number of anilines is 1. The van der Waals surface area contributed by atoms with Gasteiger partial charge in [0, 0.05) is 18.3 Å². The van der Waals surface area contributed by atoms with Crippen LogP contribution in [-0.2, 0) is 9.59 Å². The Morgan fingerprint density at radius 2 is 2.00 bits per heavy atom. The van der Waals surface area contributed by atoms with E-state index in [1.165, 1.54) is 23.1 Å². The molecule has 0 atom stereocenters. The molecule has 0 unspecified atom stereocenters. The Morgan fingerprint density at radius 3 is 2.69 bits per heavy atom. The summed E-state index contributed by atoms with van der Waals surface area (Å²) in [5, 5.41) is 5.34. The highest BCUT2D eigenvalue weighted by Gasteiger charge is 2.31. The van der Waals surface area contributed by atoms with Crippen LogP contribution in [0.4, 0.5) is 5.13 Å². The first kappa shape index (κ1) is 24.2. The van der Waals surface area contributed by atoms with Crippen LogP contribution in [0, 0.1) is 6.92 Å². The van der Waals surface area contributed by atoms with Crippen molar-refractivity contribution in [2.45, 2.75) is 32.6 Å². The molecular weight excluding hydrogens is 466 g/mol. The molecule has 170 valence electrons. The summed E-state index contributed by atoms with van der Waals surface area (Å²) in [5.41, 5.74) is 1.73. The van der Waals surface area contributed by atoms with E-state index in [4.69, 9.17) is 21.7 Å². The second-order valence-electron chi connectivity index (χ2n) is 7.10. The normalized spacial score (nSPS) is 14.8. The zero-order valence-corrected chi connectivity index (χ0v) is 20.6. The van der Waals surface area contributed by atoms with E-state index in [2.05, 4.69) is 10.3 Å². The molecule has 10 heteroatoms. The molecular formula is C22H25N3O4S3. The molecule has 1 fully saturated rings. The molecule has 0 radical (unpaired) electrons. The van der Waals surface area contributed by atoms with E-state index in [-0.39, 0.29) is 11.8 Å². The average molecular weight is 492 g/mol. The number of methoxy groups -OCH3 is 2. The molecule has 1 aromatic heterocycles. The van der Waals surface area contributed by atoms with Gasteiger partial charge < -0.3 is 14.8 Å². The van der Waals surface area contributed by atoms with Crippen molar-refractivity contribution in [2.24, 2.45) is 0 Å². The van der Waals surface area contributed by atoms with Gasteiger partial charge in [0.05, 0.1) is 24.8 Å². The molecule has 0 aliphatic carbocycles. The Kier molecular flexibility index (Phi) is 8.66. The third kappa shape index (κ3) is 6.30. The second kappa shape index (κ2) is 11.4. The summed E-state index contributed by atoms with van der Waals surface area (Å²) in [5.74, 6) is 1.10. The van der Waals surface area contributed by atoms with Crippen molar-refractivity contribution in [2.75, 3.05) is 26.1 Å². The molecule has 0 saturated carbocycles. The second-order valence-corrected chi connectivity index (χ2v) is 9.63. The standard InChI is InChI=1S/C22H25N3O4S3/c1-14-13-31-21(23-14)24-19(26)7-5-4-6-10-25-20(27)18(32-22(25)30)12-15-8-9-16(28-2)17(11-15)29-3/h8-9,11-13H,4-7,10H2,1-3H3,(H,23,24,26). The largest absolute Gasteiger partial charge is 0.493 e. The van der Waals surface area contributed by atoms with Crippen LogP contribution >= 0.6 is 35.3 Å². The van der Waals surface area contributed by atoms with E-state index < -0.39 is 0 Å². The first-order valence-corrected chi connectivity index (χ1v) is 12.2. The van der Waals surface area contributed by atoms with Gasteiger partial charge in [0.25, 0.3) is 5.91 Å². The van der Waals surface area contributed by atoms with Crippen LogP contribution in [0.15, 0.2) is 28.5 Å². The van der Waals surface area contributed by atoms with Gasteiger partial charge in [-0.05, 0) is 43.5 Å². The Balaban J connectivity index is 1.46. The van der Waals surface area contributed by atoms with Gasteiger partial charge in [0.15, 0.2) is 16.6 Å². The number of aromatic nitrogens is 1. The van der Waals surface area contributed by atoms with Gasteiger partial charge in [-0.3, -0.25) is 14.5 Å². The Hall–Kier alpha value is -2.43. The number of hydrogen-bond acceptors (Lipinski definition) is 8. The molecule has 3 rings (SSSR count). The zero-order valence-electron chi connectivity index (χ0n) is 18.2. The maximum absolute atomic E-state index is 12.8. The van der Waals surface area contributed by atoms with Gasteiger partial charge in [-0.15, -0.1) is 11.3 Å². The molecule has 7 nitrogen and oxygen atoms in total. The number of benzene rings is 1. The van der Waals surface area contributed by atoms with Crippen molar-refractivity contribution in [3.63, 3.8) is 0 Å². The van der Waals surface area contributed by atoms with Crippen LogP contribution in [-0.4, -0.2) is 46.8 Å². The van der Waals surface area contributed by atoms with E-state index >= 15 is 0 Å². The van der Waals surface area contributed by atoms with Crippen molar-refractivity contribution in [1.29, 1.82) is 0 Å². The van der Waals surface area contributed by atoms with Crippen LogP contribution in [0.1, 0.15) is 36.9 Å². The topological polar surface area (TPSA) is 80.8 Å². The molecule has 1 N–H and O–H groups in total. The number of thiocarbonyl (C=S) groups is 1. The minimum Gasteiger partial charge on any atom is -0.493 e. The lowest BCUT2D eigenvalue weighted by atomic mass is 10.1. The molecule has 1 aliphatic heterocycles. The summed E-state index contributed by atoms with van der Waals surface area (Å²) < 4.78 is 11.1. The first-order chi connectivity index (χ1) is 15.4. The summed E-state index contributed by atoms with van der Waals surface area (Å²) in [6, 6.07) is 5.49. The van der Waals surface area contributed by atoms with Crippen molar-refractivity contribution in [3.8, 4) is 11.5 Å². The molecule has 0 bridgehead atoms. The fraction of sp³-hybridized carbons (Fsp3) is 0.364. The maximum atomic E-state index is 12.8. The predicted molar refractivity (Wildman–Crippen MR) is 133 cm³/mol. The summed E-state index contributed by atoms with van der Waals surface area (Å²) in [6.07, 6.45) is 4.59. The van der Waals surface area contributed by atoms with Gasteiger partial charge in [-0.2, -0.15) is 0 Å². The van der Waals surface area contributed by atoms with Crippen molar-refractivity contribution >= 4 is 62.7 Å². The smallest absolute Gasteiger partial charge is 0.266 e. The lowest BCUT2D eigenvalue weighted by Crippen LogP contribution is -2.29. The van der Waals surface area contributed by atoms with Crippen LogP contribution in [0.2, 0.25) is 0 Å². The number of carbonyl (C=O) groups excluding carboxylic acids is 2. The molecule has 1 saturated heterocycles. The highest BCUT2D eigenvalue weighted by atomic mass is 32.2. The van der Waals surface area contributed by atoms with E-state index in [9.17, 15) is 9.59 Å². The first-order valence-electron chi connectivity index (χ1n) is 10.1. The third-order valence-corrected chi connectivity index (χ3v) is 6.98. The number of aryl methyl sites for hydroxylation is 1. The highest BCUT2D eigenvalue weighted by Crippen LogP contribution is 2.34. The fourth-order valence-corrected chi connectivity index (χ4v) is 5.13. The van der Waals surface area contributed by atoms with E-state index in [1.54, 1.807) is 25.2 Å². The third-order valence-electron chi connectivity index (χ3n) is 4.73. The summed E-state index contributed by atoms with van der Waals surface area (Å²) in [7, 11) is 3.15. The number of amides is 2. The molecule has 32 heavy (non-hydrogen) atoms. The fourth-order valence-electron chi connectivity index (χ4n) is 3.11. The van der Waals surface area contributed by atoms with Gasteiger partial charge in [-0.1, -0.05) is 36.5 Å². The number of thiazole rings is 1. The van der Waals surface area contributed by atoms with Crippen molar-refractivity contribution < 1.29 is 19.1 Å². The van der Waals surface area contributed by atoms with Crippen molar-refractivity contribution in [3.05, 3.63) is 39.7 Å². The molecule has 2 aromatic rings. The molecule has 0 spiro atoms. The quantitative estimate of drug-likeness (QED) is 0.288. The van der Waals surface area contributed by atoms with Gasteiger partial charge in [-0.25, -0.2) is 4.98 Å². The minimum atomic E-state index is -0.0910. The summed E-state index contributed by atoms with van der Waals surface area (Å²) >= 11 is 8.13. The number of nitrogens with zero attached hydrogens (tertiary/aromatic N) is 2. The molecule has 2 heterocycles. The Labute approximate surface area is 201 Å². The maximum Gasteiger partial charge on any atom is 0.266 e. The van der Waals surface area contributed by atoms with E-state index in [0.717, 1.165) is 30.5 Å². The summed E-state index contributed by atoms with van der Waals surface area (Å²) in [4.78, 5) is 31.2. The van der Waals surface area contributed by atoms with Crippen molar-refractivity contribution in [1.82, 2.24) is 9.88 Å². The molecule has 1 aromatic carbocycles. The zero-order chi connectivity index (χ0) is 23.1. The average Bonchev–Trinajstić information content (AvgIpc) is 3.30. The number of ether oxygens (including phenoxy) is 2. The van der Waals surface area contributed by atoms with Crippen LogP contribution in [0.3, 0.4) is 0 Å². The van der Waals surface area contributed by atoms with Crippen LogP contribution < -0.4 is 14.8 Å². The Bertz CT molecular complexity index is 1040. The van der Waals surface area contributed by atoms with E-state index in [1.807, 2.05) is 30.5 Å². The van der Waals surface area contributed by atoms with Gasteiger partial charge in [0.2, 0.25) is 5.91 Å². The number of thioether (sulfide) groups is 1. The van der Waals surface area contributed by atoms with Crippen LogP contribution in [0.5, 0.6) is 11.5 Å². The molecule has 2 amide bonds. The van der Waals surface area contributed by atoms with Crippen LogP contribution in [0.25, 0.3) is 6.08 Å². The SMILES string of the molecule is COc1ccc(C=C2SC(=S)N(CCCCCC(=O)Nc3nc(C)cs3)C2=O)cc1OC.